The van der Waals surface area contributed by atoms with Crippen LogP contribution in [0.4, 0.5) is 5.69 Å². The van der Waals surface area contributed by atoms with Crippen molar-refractivity contribution in [2.24, 2.45) is 0 Å². The summed E-state index contributed by atoms with van der Waals surface area (Å²) in [4.78, 5) is 2.68. The van der Waals surface area contributed by atoms with Crippen LogP contribution in [0.15, 0.2) is 29.2 Å². The fraction of sp³-hybridized carbons (Fsp3) is 0.600. The van der Waals surface area contributed by atoms with Crippen LogP contribution < -0.4 is 10.2 Å². The molecular formula is C15H24N2O3S. The van der Waals surface area contributed by atoms with Gasteiger partial charge in [0.25, 0.3) is 0 Å². The van der Waals surface area contributed by atoms with Crippen LogP contribution in [-0.2, 0) is 14.6 Å². The molecule has 1 aromatic rings. The van der Waals surface area contributed by atoms with Gasteiger partial charge in [0.2, 0.25) is 0 Å². The molecule has 1 aliphatic rings. The van der Waals surface area contributed by atoms with Crippen LogP contribution in [-0.4, -0.2) is 53.1 Å². The number of sulfone groups is 1. The van der Waals surface area contributed by atoms with Gasteiger partial charge in [-0.1, -0.05) is 13.8 Å². The van der Waals surface area contributed by atoms with Gasteiger partial charge in [-0.25, -0.2) is 8.42 Å². The lowest BCUT2D eigenvalue weighted by atomic mass is 10.2. The van der Waals surface area contributed by atoms with Crippen LogP contribution in [0, 0.1) is 0 Å². The Morgan fingerprint density at radius 1 is 1.29 bits per heavy atom. The minimum atomic E-state index is -3.13. The molecule has 118 valence electrons. The second-order valence-electron chi connectivity index (χ2n) is 5.13. The Morgan fingerprint density at radius 2 is 2.00 bits per heavy atom. The first kappa shape index (κ1) is 16.3. The van der Waals surface area contributed by atoms with Gasteiger partial charge in [0.15, 0.2) is 9.84 Å². The first-order chi connectivity index (χ1) is 10.1. The van der Waals surface area contributed by atoms with Crippen LogP contribution in [0.3, 0.4) is 0 Å². The molecule has 1 aromatic carbocycles. The first-order valence-corrected chi connectivity index (χ1v) is 9.11. The average molecular weight is 312 g/mol. The second kappa shape index (κ2) is 7.24. The van der Waals surface area contributed by atoms with E-state index in [4.69, 9.17) is 4.74 Å². The van der Waals surface area contributed by atoms with Crippen LogP contribution in [0.2, 0.25) is 0 Å². The van der Waals surface area contributed by atoms with Gasteiger partial charge in [0.1, 0.15) is 0 Å². The molecule has 0 bridgehead atoms. The quantitative estimate of drug-likeness (QED) is 0.858. The van der Waals surface area contributed by atoms with Crippen molar-refractivity contribution in [2.75, 3.05) is 43.5 Å². The molecule has 0 spiro atoms. The van der Waals surface area contributed by atoms with E-state index in [1.807, 2.05) is 12.1 Å². The fourth-order valence-corrected chi connectivity index (χ4v) is 3.37. The summed E-state index contributed by atoms with van der Waals surface area (Å²) >= 11 is 0. The zero-order valence-corrected chi connectivity index (χ0v) is 13.5. The van der Waals surface area contributed by atoms with E-state index in [0.717, 1.165) is 25.3 Å². The molecule has 1 aliphatic heterocycles. The summed E-state index contributed by atoms with van der Waals surface area (Å²) in [6, 6.07) is 7.48. The molecule has 0 aliphatic carbocycles. The molecule has 1 fully saturated rings. The zero-order chi connectivity index (χ0) is 15.3. The van der Waals surface area contributed by atoms with Gasteiger partial charge in [0.05, 0.1) is 29.9 Å². The Hall–Kier alpha value is -1.11. The maximum atomic E-state index is 11.9. The van der Waals surface area contributed by atoms with Crippen LogP contribution in [0.25, 0.3) is 0 Å². The highest BCUT2D eigenvalue weighted by Gasteiger charge is 2.23. The Bertz CT molecular complexity index is 543. The average Bonchev–Trinajstić information content (AvgIpc) is 2.53. The number of morpholine rings is 1. The third kappa shape index (κ3) is 3.96. The zero-order valence-electron chi connectivity index (χ0n) is 12.7. The van der Waals surface area contributed by atoms with Crippen LogP contribution in [0.1, 0.15) is 13.8 Å². The molecule has 5 nitrogen and oxygen atoms in total. The summed E-state index contributed by atoms with van der Waals surface area (Å²) in [6.45, 7) is 7.77. The van der Waals surface area contributed by atoms with Gasteiger partial charge >= 0.3 is 0 Å². The van der Waals surface area contributed by atoms with Crippen molar-refractivity contribution in [1.82, 2.24) is 5.32 Å². The third-order valence-electron chi connectivity index (χ3n) is 3.77. The number of nitrogens with one attached hydrogen (secondary N) is 1. The molecular weight excluding hydrogens is 288 g/mol. The molecule has 1 saturated heterocycles. The summed E-state index contributed by atoms with van der Waals surface area (Å²) in [6.07, 6.45) is 0. The minimum absolute atomic E-state index is 0.132. The van der Waals surface area contributed by atoms with E-state index in [-0.39, 0.29) is 11.8 Å². The molecule has 2 rings (SSSR count). The summed E-state index contributed by atoms with van der Waals surface area (Å²) in [5.74, 6) is 0.132. The normalized spacial score (nSPS) is 19.7. The Balaban J connectivity index is 2.16. The smallest absolute Gasteiger partial charge is 0.178 e. The molecule has 0 saturated carbocycles. The Labute approximate surface area is 127 Å². The Morgan fingerprint density at radius 3 is 2.62 bits per heavy atom. The van der Waals surface area contributed by atoms with Gasteiger partial charge < -0.3 is 15.0 Å². The highest BCUT2D eigenvalue weighted by atomic mass is 32.2. The van der Waals surface area contributed by atoms with E-state index < -0.39 is 9.84 Å². The minimum Gasteiger partial charge on any atom is -0.377 e. The molecule has 0 radical (unpaired) electrons. The van der Waals surface area contributed by atoms with Crippen molar-refractivity contribution in [1.29, 1.82) is 0 Å². The van der Waals surface area contributed by atoms with Gasteiger partial charge in [-0.3, -0.25) is 0 Å². The predicted octanol–water partition coefficient (Wildman–Crippen LogP) is 1.29. The predicted molar refractivity (Wildman–Crippen MR) is 84.7 cm³/mol. The molecule has 1 heterocycles. The SMILES string of the molecule is CCNCC1COCCN1c1ccc(S(=O)(=O)CC)cc1. The van der Waals surface area contributed by atoms with E-state index in [9.17, 15) is 8.42 Å². The number of benzene rings is 1. The lowest BCUT2D eigenvalue weighted by molar-refractivity contribution is 0.0939. The standard InChI is InChI=1S/C15H24N2O3S/c1-3-16-11-14-12-20-10-9-17(14)13-5-7-15(8-6-13)21(18,19)4-2/h5-8,14,16H,3-4,9-12H2,1-2H3. The van der Waals surface area contributed by atoms with Gasteiger partial charge in [-0.2, -0.15) is 0 Å². The van der Waals surface area contributed by atoms with Crippen LogP contribution >= 0.6 is 0 Å². The fourth-order valence-electron chi connectivity index (χ4n) is 2.49. The number of rotatable bonds is 6. The van der Waals surface area contributed by atoms with Gasteiger partial charge in [-0.15, -0.1) is 0 Å². The van der Waals surface area contributed by atoms with E-state index in [1.54, 1.807) is 19.1 Å². The van der Waals surface area contributed by atoms with Crippen LogP contribution in [0.5, 0.6) is 0 Å². The number of anilines is 1. The summed E-state index contributed by atoms with van der Waals surface area (Å²) in [5, 5.41) is 3.34. The summed E-state index contributed by atoms with van der Waals surface area (Å²) < 4.78 is 29.2. The number of ether oxygens (including phenoxy) is 1. The molecule has 6 heteroatoms. The number of likely N-dealkylation sites (N-methyl/N-ethyl adjacent to an activating group) is 1. The van der Waals surface area contributed by atoms with E-state index in [1.165, 1.54) is 0 Å². The van der Waals surface area contributed by atoms with E-state index >= 15 is 0 Å². The number of nitrogens with zero attached hydrogens (tertiary/aromatic N) is 1. The lowest BCUT2D eigenvalue weighted by Gasteiger charge is -2.37. The highest BCUT2D eigenvalue weighted by Crippen LogP contribution is 2.22. The maximum absolute atomic E-state index is 11.9. The monoisotopic (exact) mass is 312 g/mol. The topological polar surface area (TPSA) is 58.6 Å². The summed E-state index contributed by atoms with van der Waals surface area (Å²) in [5.41, 5.74) is 1.05. The molecule has 0 aromatic heterocycles. The van der Waals surface area contributed by atoms with Gasteiger partial charge in [0, 0.05) is 18.8 Å². The van der Waals surface area contributed by atoms with Crippen molar-refractivity contribution in [3.63, 3.8) is 0 Å². The summed E-state index contributed by atoms with van der Waals surface area (Å²) in [7, 11) is -3.13. The van der Waals surface area contributed by atoms with Crippen molar-refractivity contribution < 1.29 is 13.2 Å². The molecule has 0 amide bonds. The first-order valence-electron chi connectivity index (χ1n) is 7.46. The van der Waals surface area contributed by atoms with Crippen molar-refractivity contribution in [3.8, 4) is 0 Å². The number of hydrogen-bond acceptors (Lipinski definition) is 5. The van der Waals surface area contributed by atoms with E-state index in [0.29, 0.717) is 18.1 Å². The molecule has 1 N–H and O–H groups in total. The maximum Gasteiger partial charge on any atom is 0.178 e. The van der Waals surface area contributed by atoms with Crippen molar-refractivity contribution in [3.05, 3.63) is 24.3 Å². The molecule has 1 unspecified atom stereocenters. The van der Waals surface area contributed by atoms with E-state index in [2.05, 4.69) is 17.1 Å². The highest BCUT2D eigenvalue weighted by molar-refractivity contribution is 7.91. The largest absolute Gasteiger partial charge is 0.377 e. The Kier molecular flexibility index (Phi) is 5.61. The molecule has 21 heavy (non-hydrogen) atoms. The van der Waals surface area contributed by atoms with Gasteiger partial charge in [-0.05, 0) is 30.8 Å². The van der Waals surface area contributed by atoms with Crippen molar-refractivity contribution in [2.45, 2.75) is 24.8 Å². The van der Waals surface area contributed by atoms with Crippen molar-refractivity contribution >= 4 is 15.5 Å². The lowest BCUT2D eigenvalue weighted by Crippen LogP contribution is -2.50. The second-order valence-corrected chi connectivity index (χ2v) is 7.41. The molecule has 1 atom stereocenters. The number of hydrogen-bond donors (Lipinski definition) is 1. The third-order valence-corrected chi connectivity index (χ3v) is 5.52.